The second kappa shape index (κ2) is 5.82. The van der Waals surface area contributed by atoms with Crippen LogP contribution in [0.1, 0.15) is 31.2 Å². The summed E-state index contributed by atoms with van der Waals surface area (Å²) in [6, 6.07) is 6.93. The van der Waals surface area contributed by atoms with Crippen molar-refractivity contribution in [3.63, 3.8) is 0 Å². The highest BCUT2D eigenvalue weighted by Crippen LogP contribution is 2.38. The van der Waals surface area contributed by atoms with E-state index in [0.29, 0.717) is 18.4 Å². The Morgan fingerprint density at radius 2 is 1.96 bits per heavy atom. The smallest absolute Gasteiger partial charge is 0.245 e. The number of pyridine rings is 1. The maximum Gasteiger partial charge on any atom is 0.245 e. The molecule has 0 bridgehead atoms. The third kappa shape index (κ3) is 2.48. The molecule has 0 unspecified atom stereocenters. The first-order valence-electron chi connectivity index (χ1n) is 7.93. The number of hydrogen-bond donors (Lipinski definition) is 1. The van der Waals surface area contributed by atoms with Gasteiger partial charge in [-0.25, -0.2) is 8.42 Å². The molecule has 1 aliphatic carbocycles. The number of likely N-dealkylation sites (N-methyl/N-ethyl adjacent to an activating group) is 1. The van der Waals surface area contributed by atoms with Crippen molar-refractivity contribution in [2.45, 2.75) is 43.0 Å². The predicted molar refractivity (Wildman–Crippen MR) is 91.8 cm³/mol. The van der Waals surface area contributed by atoms with E-state index in [1.54, 1.807) is 12.3 Å². The molecular formula is C17H21N3O3S. The van der Waals surface area contributed by atoms with E-state index in [0.717, 1.165) is 28.1 Å². The molecule has 0 atom stereocenters. The number of sulfonamides is 1. The van der Waals surface area contributed by atoms with Crippen LogP contribution in [0.4, 0.5) is 0 Å². The van der Waals surface area contributed by atoms with Crippen LogP contribution >= 0.6 is 0 Å². The van der Waals surface area contributed by atoms with Gasteiger partial charge in [0.25, 0.3) is 0 Å². The lowest BCUT2D eigenvalue weighted by atomic mass is 9.97. The molecule has 0 spiro atoms. The number of carbonyl (C=O) groups excluding carboxylic acids is 1. The number of nitrogens with two attached hydrogens (primary N) is 1. The number of carbonyl (C=O) groups is 1. The van der Waals surface area contributed by atoms with Gasteiger partial charge in [-0.1, -0.05) is 25.0 Å². The fourth-order valence-corrected chi connectivity index (χ4v) is 5.20. The molecule has 2 N–H and O–H groups in total. The monoisotopic (exact) mass is 347 g/mol. The van der Waals surface area contributed by atoms with Crippen LogP contribution in [0.3, 0.4) is 0 Å². The number of rotatable bonds is 4. The summed E-state index contributed by atoms with van der Waals surface area (Å²) in [6.45, 7) is 1.90. The number of primary amides is 1. The Bertz CT molecular complexity index is 902. The summed E-state index contributed by atoms with van der Waals surface area (Å²) in [6.07, 6.45) is 4.12. The van der Waals surface area contributed by atoms with E-state index in [9.17, 15) is 13.2 Å². The summed E-state index contributed by atoms with van der Waals surface area (Å²) in [7, 11) is -2.45. The van der Waals surface area contributed by atoms with Crippen molar-refractivity contribution in [3.05, 3.63) is 36.0 Å². The lowest BCUT2D eigenvalue weighted by molar-refractivity contribution is -0.126. The van der Waals surface area contributed by atoms with E-state index in [1.807, 2.05) is 19.1 Å². The zero-order valence-corrected chi connectivity index (χ0v) is 14.6. The average Bonchev–Trinajstić information content (AvgIpc) is 3.04. The van der Waals surface area contributed by atoms with Gasteiger partial charge in [0, 0.05) is 18.6 Å². The van der Waals surface area contributed by atoms with Gasteiger partial charge < -0.3 is 5.73 Å². The molecule has 3 rings (SSSR count). The number of fused-ring (bicyclic) bond motifs is 1. The molecule has 0 radical (unpaired) electrons. The Hall–Kier alpha value is -1.99. The summed E-state index contributed by atoms with van der Waals surface area (Å²) < 4.78 is 27.6. The zero-order valence-electron chi connectivity index (χ0n) is 13.8. The molecule has 1 aliphatic rings. The number of benzene rings is 1. The molecule has 1 amide bonds. The highest BCUT2D eigenvalue weighted by molar-refractivity contribution is 7.89. The number of aromatic nitrogens is 1. The summed E-state index contributed by atoms with van der Waals surface area (Å²) in [5, 5.41) is 0.754. The highest BCUT2D eigenvalue weighted by Gasteiger charge is 2.48. The molecule has 2 aromatic rings. The van der Waals surface area contributed by atoms with Crippen molar-refractivity contribution < 1.29 is 13.2 Å². The predicted octanol–water partition coefficient (Wildman–Crippen LogP) is 1.96. The second-order valence-electron chi connectivity index (χ2n) is 6.42. The highest BCUT2D eigenvalue weighted by atomic mass is 32.2. The maximum atomic E-state index is 13.2. The molecule has 128 valence electrons. The van der Waals surface area contributed by atoms with Gasteiger partial charge in [0.2, 0.25) is 15.9 Å². The fourth-order valence-electron chi connectivity index (χ4n) is 3.50. The SMILES string of the molecule is Cc1cnc2c(S(=O)(=O)N(C)C3(C(N)=O)CCCC3)cccc2c1. The van der Waals surface area contributed by atoms with Crippen molar-refractivity contribution in [3.8, 4) is 0 Å². The number of amides is 1. The van der Waals surface area contributed by atoms with E-state index < -0.39 is 21.5 Å². The molecule has 1 aromatic carbocycles. The number of aryl methyl sites for hydroxylation is 1. The maximum absolute atomic E-state index is 13.2. The Labute approximate surface area is 141 Å². The van der Waals surface area contributed by atoms with Crippen LogP contribution in [-0.2, 0) is 14.8 Å². The molecule has 1 fully saturated rings. The van der Waals surface area contributed by atoms with Gasteiger partial charge in [0.15, 0.2) is 0 Å². The summed E-state index contributed by atoms with van der Waals surface area (Å²) in [5.41, 5.74) is 5.80. The lowest BCUT2D eigenvalue weighted by Crippen LogP contribution is -2.56. The van der Waals surface area contributed by atoms with E-state index in [1.165, 1.54) is 13.1 Å². The van der Waals surface area contributed by atoms with Crippen LogP contribution in [-0.4, -0.2) is 36.2 Å². The molecule has 24 heavy (non-hydrogen) atoms. The van der Waals surface area contributed by atoms with Gasteiger partial charge in [0.05, 0.1) is 5.52 Å². The Kier molecular flexibility index (Phi) is 4.09. The standard InChI is InChI=1S/C17H21N3O3S/c1-12-10-13-6-5-7-14(15(13)19-11-12)24(22,23)20(2)17(16(18)21)8-3-4-9-17/h5-7,10-11H,3-4,8-9H2,1-2H3,(H2,18,21). The van der Waals surface area contributed by atoms with E-state index in [2.05, 4.69) is 4.98 Å². The number of nitrogens with zero attached hydrogens (tertiary/aromatic N) is 2. The van der Waals surface area contributed by atoms with Crippen LogP contribution < -0.4 is 5.73 Å². The Morgan fingerprint density at radius 3 is 2.58 bits per heavy atom. The summed E-state index contributed by atoms with van der Waals surface area (Å²) in [4.78, 5) is 16.5. The third-order valence-corrected chi connectivity index (χ3v) is 6.90. The van der Waals surface area contributed by atoms with Gasteiger partial charge in [-0.3, -0.25) is 9.78 Å². The van der Waals surface area contributed by atoms with E-state index >= 15 is 0 Å². The van der Waals surface area contributed by atoms with Crippen molar-refractivity contribution in [1.29, 1.82) is 0 Å². The first-order chi connectivity index (χ1) is 11.3. The Balaban J connectivity index is 2.16. The minimum absolute atomic E-state index is 0.107. The van der Waals surface area contributed by atoms with Gasteiger partial charge >= 0.3 is 0 Å². The van der Waals surface area contributed by atoms with Crippen LogP contribution in [0.2, 0.25) is 0 Å². The first kappa shape index (κ1) is 16.9. The molecule has 1 saturated carbocycles. The molecule has 1 heterocycles. The molecule has 6 nitrogen and oxygen atoms in total. The Morgan fingerprint density at radius 1 is 1.29 bits per heavy atom. The van der Waals surface area contributed by atoms with E-state index in [4.69, 9.17) is 5.73 Å². The number of para-hydroxylation sites is 1. The molecule has 7 heteroatoms. The van der Waals surface area contributed by atoms with Gasteiger partial charge in [-0.15, -0.1) is 0 Å². The summed E-state index contributed by atoms with van der Waals surface area (Å²) >= 11 is 0. The normalized spacial score (nSPS) is 17.5. The minimum atomic E-state index is -3.90. The molecule has 0 aliphatic heterocycles. The second-order valence-corrected chi connectivity index (χ2v) is 8.35. The van der Waals surface area contributed by atoms with Crippen molar-refractivity contribution in [2.24, 2.45) is 5.73 Å². The summed E-state index contributed by atoms with van der Waals surface area (Å²) in [5.74, 6) is -0.588. The fraction of sp³-hybridized carbons (Fsp3) is 0.412. The van der Waals surface area contributed by atoms with Crippen LogP contribution in [0.25, 0.3) is 10.9 Å². The van der Waals surface area contributed by atoms with Crippen molar-refractivity contribution in [1.82, 2.24) is 9.29 Å². The van der Waals surface area contributed by atoms with Gasteiger partial charge in [0.1, 0.15) is 10.4 Å². The van der Waals surface area contributed by atoms with Gasteiger partial charge in [-0.05, 0) is 37.5 Å². The largest absolute Gasteiger partial charge is 0.368 e. The molecule has 0 saturated heterocycles. The quantitative estimate of drug-likeness (QED) is 0.915. The first-order valence-corrected chi connectivity index (χ1v) is 9.37. The molecular weight excluding hydrogens is 326 g/mol. The van der Waals surface area contributed by atoms with Crippen LogP contribution in [0.5, 0.6) is 0 Å². The third-order valence-electron chi connectivity index (χ3n) is 4.94. The zero-order chi connectivity index (χ0) is 17.5. The molecule has 1 aromatic heterocycles. The average molecular weight is 347 g/mol. The number of hydrogen-bond acceptors (Lipinski definition) is 4. The van der Waals surface area contributed by atoms with Crippen LogP contribution in [0.15, 0.2) is 35.4 Å². The van der Waals surface area contributed by atoms with Crippen molar-refractivity contribution >= 4 is 26.8 Å². The van der Waals surface area contributed by atoms with Gasteiger partial charge in [-0.2, -0.15) is 4.31 Å². The van der Waals surface area contributed by atoms with E-state index in [-0.39, 0.29) is 4.90 Å². The topological polar surface area (TPSA) is 93.4 Å². The van der Waals surface area contributed by atoms with Crippen LogP contribution in [0, 0.1) is 6.92 Å². The van der Waals surface area contributed by atoms with Crippen molar-refractivity contribution in [2.75, 3.05) is 7.05 Å². The minimum Gasteiger partial charge on any atom is -0.368 e. The lowest BCUT2D eigenvalue weighted by Gasteiger charge is -2.34.